The molecule has 1 aromatic rings. The third-order valence-corrected chi connectivity index (χ3v) is 2.06. The van der Waals surface area contributed by atoms with Crippen LogP contribution < -0.4 is 16.0 Å². The number of aryl methyl sites for hydroxylation is 1. The molecule has 0 bridgehead atoms. The van der Waals surface area contributed by atoms with E-state index in [-0.39, 0.29) is 11.6 Å². The zero-order valence-electron chi connectivity index (χ0n) is 9.94. The Balaban J connectivity index is 3.10. The predicted molar refractivity (Wildman–Crippen MR) is 57.7 cm³/mol. The predicted octanol–water partition coefficient (Wildman–Crippen LogP) is 1.26. The van der Waals surface area contributed by atoms with Crippen molar-refractivity contribution in [3.63, 3.8) is 0 Å². The van der Waals surface area contributed by atoms with Gasteiger partial charge in [-0.15, -0.1) is 0 Å². The Morgan fingerprint density at radius 1 is 1.50 bits per heavy atom. The summed E-state index contributed by atoms with van der Waals surface area (Å²) in [6.07, 6.45) is -3.98. The molecule has 0 saturated carbocycles. The number of anilines is 1. The zero-order chi connectivity index (χ0) is 15.5. The van der Waals surface area contributed by atoms with Gasteiger partial charge < -0.3 is 4.74 Å². The number of ether oxygens (including phenoxy) is 1. The van der Waals surface area contributed by atoms with Gasteiger partial charge in [0.1, 0.15) is 5.69 Å². The van der Waals surface area contributed by atoms with Crippen LogP contribution in [0.3, 0.4) is 0 Å². The molecule has 3 N–H and O–H groups in total. The van der Waals surface area contributed by atoms with Gasteiger partial charge in [-0.1, -0.05) is 0 Å². The molecular formula is C8H9F4N5O3. The van der Waals surface area contributed by atoms with Crippen molar-refractivity contribution in [2.24, 2.45) is 5.84 Å². The van der Waals surface area contributed by atoms with Gasteiger partial charge in [0.25, 0.3) is 5.88 Å². The molecule has 0 aliphatic carbocycles. The summed E-state index contributed by atoms with van der Waals surface area (Å²) in [7, 11) is 0. The van der Waals surface area contributed by atoms with Crippen molar-refractivity contribution in [1.82, 2.24) is 9.97 Å². The Bertz CT molecular complexity index is 513. The Morgan fingerprint density at radius 3 is 2.55 bits per heavy atom. The molecule has 0 saturated heterocycles. The van der Waals surface area contributed by atoms with Crippen LogP contribution in [0.4, 0.5) is 29.2 Å². The van der Waals surface area contributed by atoms with Gasteiger partial charge in [-0.3, -0.25) is 15.5 Å². The minimum atomic E-state index is -4.47. The smallest absolute Gasteiger partial charge is 0.352 e. The van der Waals surface area contributed by atoms with E-state index in [9.17, 15) is 27.7 Å². The number of nitrogens with one attached hydrogen (secondary N) is 1. The van der Waals surface area contributed by atoms with Gasteiger partial charge in [0.05, 0.1) is 4.92 Å². The van der Waals surface area contributed by atoms with Gasteiger partial charge in [0, 0.05) is 0 Å². The van der Waals surface area contributed by atoms with Crippen LogP contribution in [0.25, 0.3) is 0 Å². The fourth-order valence-corrected chi connectivity index (χ4v) is 1.14. The lowest BCUT2D eigenvalue weighted by Gasteiger charge is -2.15. The second-order valence-electron chi connectivity index (χ2n) is 3.54. The molecule has 20 heavy (non-hydrogen) atoms. The summed E-state index contributed by atoms with van der Waals surface area (Å²) in [5, 5.41) is 10.8. The number of nitro groups is 1. The molecule has 1 rings (SSSR count). The van der Waals surface area contributed by atoms with Crippen LogP contribution in [-0.4, -0.2) is 33.8 Å². The number of nitrogen functional groups attached to an aromatic ring is 1. The molecular weight excluding hydrogens is 290 g/mol. The Labute approximate surface area is 109 Å². The van der Waals surface area contributed by atoms with E-state index in [2.05, 4.69) is 14.7 Å². The highest BCUT2D eigenvalue weighted by molar-refractivity contribution is 5.48. The molecule has 0 aliphatic heterocycles. The van der Waals surface area contributed by atoms with E-state index in [1.54, 1.807) is 0 Å². The third kappa shape index (κ3) is 3.40. The van der Waals surface area contributed by atoms with Gasteiger partial charge in [-0.05, 0) is 6.92 Å². The van der Waals surface area contributed by atoms with E-state index in [0.29, 0.717) is 0 Å². The summed E-state index contributed by atoms with van der Waals surface area (Å²) in [4.78, 5) is 16.7. The minimum Gasteiger partial charge on any atom is -0.466 e. The molecule has 1 heterocycles. The van der Waals surface area contributed by atoms with Crippen molar-refractivity contribution in [3.8, 4) is 5.88 Å². The normalized spacial score (nSPS) is 11.6. The molecule has 1 aromatic heterocycles. The van der Waals surface area contributed by atoms with E-state index in [4.69, 9.17) is 5.84 Å². The van der Waals surface area contributed by atoms with Crippen LogP contribution in [-0.2, 0) is 0 Å². The van der Waals surface area contributed by atoms with Crippen LogP contribution >= 0.6 is 0 Å². The largest absolute Gasteiger partial charge is 0.466 e. The maximum Gasteiger partial charge on any atom is 0.352 e. The summed E-state index contributed by atoms with van der Waals surface area (Å²) < 4.78 is 53.7. The highest BCUT2D eigenvalue weighted by atomic mass is 19.3. The quantitative estimate of drug-likeness (QED) is 0.351. The number of aromatic nitrogens is 2. The average Bonchev–Trinajstić information content (AvgIpc) is 2.34. The molecule has 8 nitrogen and oxygen atoms in total. The van der Waals surface area contributed by atoms with Crippen LogP contribution in [0.2, 0.25) is 0 Å². The van der Waals surface area contributed by atoms with E-state index in [1.807, 2.05) is 5.43 Å². The molecule has 12 heteroatoms. The molecule has 0 aromatic carbocycles. The average molecular weight is 299 g/mol. The summed E-state index contributed by atoms with van der Waals surface area (Å²) in [6.45, 7) is -0.593. The van der Waals surface area contributed by atoms with E-state index in [0.717, 1.165) is 0 Å². The van der Waals surface area contributed by atoms with Crippen molar-refractivity contribution < 1.29 is 27.2 Å². The maximum absolute atomic E-state index is 12.7. The minimum absolute atomic E-state index is 0.228. The lowest BCUT2D eigenvalue weighted by atomic mass is 10.3. The highest BCUT2D eigenvalue weighted by Crippen LogP contribution is 2.31. The molecule has 112 valence electrons. The SMILES string of the molecule is Cc1nc(NN)nc(OCC(F)(F)C(F)F)c1[N+](=O)[O-]. The first-order valence-electron chi connectivity index (χ1n) is 4.97. The molecule has 0 atom stereocenters. The number of rotatable bonds is 6. The number of hydrogen-bond donors (Lipinski definition) is 2. The summed E-state index contributed by atoms with van der Waals surface area (Å²) in [5.74, 6) is -0.717. The molecule has 0 amide bonds. The van der Waals surface area contributed by atoms with Gasteiger partial charge in [-0.2, -0.15) is 13.8 Å². The number of hydrazine groups is 1. The molecule has 0 unspecified atom stereocenters. The van der Waals surface area contributed by atoms with E-state index < -0.39 is 35.4 Å². The van der Waals surface area contributed by atoms with Crippen LogP contribution in [0.1, 0.15) is 5.69 Å². The van der Waals surface area contributed by atoms with Gasteiger partial charge in [-0.25, -0.2) is 19.6 Å². The van der Waals surface area contributed by atoms with E-state index in [1.165, 1.54) is 6.92 Å². The fourth-order valence-electron chi connectivity index (χ4n) is 1.14. The number of nitrogens with zero attached hydrogens (tertiary/aromatic N) is 3. The summed E-state index contributed by atoms with van der Waals surface area (Å²) >= 11 is 0. The number of nitrogens with two attached hydrogens (primary N) is 1. The number of hydrogen-bond acceptors (Lipinski definition) is 7. The van der Waals surface area contributed by atoms with Crippen molar-refractivity contribution in [2.45, 2.75) is 19.3 Å². The molecule has 0 spiro atoms. The zero-order valence-corrected chi connectivity index (χ0v) is 9.94. The topological polar surface area (TPSA) is 116 Å². The van der Waals surface area contributed by atoms with Crippen LogP contribution in [0.5, 0.6) is 5.88 Å². The monoisotopic (exact) mass is 299 g/mol. The van der Waals surface area contributed by atoms with Crippen LogP contribution in [0.15, 0.2) is 0 Å². The lowest BCUT2D eigenvalue weighted by Crippen LogP contribution is -2.34. The Hall–Kier alpha value is -2.24. The molecule has 0 aliphatic rings. The Morgan fingerprint density at radius 2 is 2.10 bits per heavy atom. The van der Waals surface area contributed by atoms with Crippen LogP contribution in [0, 0.1) is 17.0 Å². The molecule has 0 radical (unpaired) electrons. The van der Waals surface area contributed by atoms with Crippen molar-refractivity contribution in [2.75, 3.05) is 12.0 Å². The van der Waals surface area contributed by atoms with Crippen molar-refractivity contribution in [1.29, 1.82) is 0 Å². The second kappa shape index (κ2) is 5.81. The number of alkyl halides is 4. The van der Waals surface area contributed by atoms with Gasteiger partial charge in [0.15, 0.2) is 6.61 Å². The summed E-state index contributed by atoms with van der Waals surface area (Å²) in [6, 6.07) is 0. The standard InChI is InChI=1S/C8H9F4N5O3/c1-3-4(17(18)19)5(15-7(14-3)16-13)20-2-8(11,12)6(9)10/h6H,2,13H2,1H3,(H,14,15,16). The highest BCUT2D eigenvalue weighted by Gasteiger charge is 2.42. The fraction of sp³-hybridized carbons (Fsp3) is 0.500. The lowest BCUT2D eigenvalue weighted by molar-refractivity contribution is -0.387. The van der Waals surface area contributed by atoms with Crippen molar-refractivity contribution in [3.05, 3.63) is 15.8 Å². The van der Waals surface area contributed by atoms with Gasteiger partial charge >= 0.3 is 18.0 Å². The third-order valence-electron chi connectivity index (χ3n) is 2.06. The maximum atomic E-state index is 12.7. The first kappa shape index (κ1) is 15.8. The Kier molecular flexibility index (Phi) is 4.60. The molecule has 0 fully saturated rings. The first-order valence-corrected chi connectivity index (χ1v) is 4.97. The van der Waals surface area contributed by atoms with E-state index >= 15 is 0 Å². The summed E-state index contributed by atoms with van der Waals surface area (Å²) in [5.41, 5.74) is 0.894. The van der Waals surface area contributed by atoms with Gasteiger partial charge in [0.2, 0.25) is 5.95 Å². The van der Waals surface area contributed by atoms with Crippen molar-refractivity contribution >= 4 is 11.6 Å². The second-order valence-corrected chi connectivity index (χ2v) is 3.54. The number of halogens is 4. The first-order chi connectivity index (χ1) is 9.19.